The van der Waals surface area contributed by atoms with E-state index in [1.807, 2.05) is 0 Å². The first-order valence-corrected chi connectivity index (χ1v) is 10.2. The van der Waals surface area contributed by atoms with Crippen LogP contribution in [0.3, 0.4) is 0 Å². The van der Waals surface area contributed by atoms with E-state index in [0.717, 1.165) is 13.1 Å². The molecule has 2 N–H and O–H groups in total. The van der Waals surface area contributed by atoms with E-state index in [0.29, 0.717) is 24.3 Å². The Morgan fingerprint density at radius 1 is 1.03 bits per heavy atom. The van der Waals surface area contributed by atoms with E-state index in [9.17, 15) is 14.4 Å². The van der Waals surface area contributed by atoms with Gasteiger partial charge in [-0.25, -0.2) is 0 Å². The second kappa shape index (κ2) is 8.18. The molecule has 1 atom stereocenters. The van der Waals surface area contributed by atoms with E-state index in [1.54, 1.807) is 29.2 Å². The number of benzene rings is 2. The minimum Gasteiger partial charge on any atom is -0.368 e. The normalized spacial score (nSPS) is 18.9. The van der Waals surface area contributed by atoms with Gasteiger partial charge < -0.3 is 20.4 Å². The second-order valence-corrected chi connectivity index (χ2v) is 7.92. The van der Waals surface area contributed by atoms with Crippen LogP contribution < -0.4 is 15.5 Å². The van der Waals surface area contributed by atoms with Gasteiger partial charge in [-0.2, -0.15) is 0 Å². The summed E-state index contributed by atoms with van der Waals surface area (Å²) in [6.07, 6.45) is -0.0465. The molecule has 2 aliphatic heterocycles. The zero-order chi connectivity index (χ0) is 21.3. The molecule has 0 aliphatic carbocycles. The van der Waals surface area contributed by atoms with Gasteiger partial charge in [0.1, 0.15) is 6.04 Å². The molecule has 30 heavy (non-hydrogen) atoms. The third-order valence-corrected chi connectivity index (χ3v) is 5.76. The Labute approximate surface area is 176 Å². The monoisotopic (exact) mass is 406 g/mol. The number of hydrogen-bond acceptors (Lipinski definition) is 4. The molecule has 2 aliphatic rings. The van der Waals surface area contributed by atoms with Gasteiger partial charge >= 0.3 is 0 Å². The third kappa shape index (κ3) is 4.01. The summed E-state index contributed by atoms with van der Waals surface area (Å²) in [6, 6.07) is 12.4. The molecule has 156 valence electrons. The maximum Gasteiger partial charge on any atom is 0.254 e. The summed E-state index contributed by atoms with van der Waals surface area (Å²) in [6.45, 7) is 6.84. The molecular formula is C23H26N4O3. The van der Waals surface area contributed by atoms with Crippen molar-refractivity contribution in [2.75, 3.05) is 36.4 Å². The van der Waals surface area contributed by atoms with Gasteiger partial charge in [0, 0.05) is 31.9 Å². The molecule has 0 unspecified atom stereocenters. The predicted octanol–water partition coefficient (Wildman–Crippen LogP) is 2.09. The molecule has 2 aromatic rings. The van der Waals surface area contributed by atoms with E-state index in [-0.39, 0.29) is 24.1 Å². The van der Waals surface area contributed by atoms with Crippen molar-refractivity contribution in [2.24, 2.45) is 0 Å². The fraction of sp³-hybridized carbons (Fsp3) is 0.348. The predicted molar refractivity (Wildman–Crippen MR) is 116 cm³/mol. The number of piperazine rings is 1. The number of fused-ring (bicyclic) bond motifs is 1. The highest BCUT2D eigenvalue weighted by Gasteiger charge is 2.31. The largest absolute Gasteiger partial charge is 0.368 e. The first kappa shape index (κ1) is 19.9. The van der Waals surface area contributed by atoms with Gasteiger partial charge in [-0.3, -0.25) is 14.4 Å². The summed E-state index contributed by atoms with van der Waals surface area (Å²) in [5.74, 6) is -0.835. The van der Waals surface area contributed by atoms with Crippen LogP contribution in [0.5, 0.6) is 0 Å². The average molecular weight is 406 g/mol. The maximum absolute atomic E-state index is 12.8. The van der Waals surface area contributed by atoms with Crippen molar-refractivity contribution < 1.29 is 14.4 Å². The van der Waals surface area contributed by atoms with E-state index in [2.05, 4.69) is 47.6 Å². The van der Waals surface area contributed by atoms with Gasteiger partial charge in [-0.05, 0) is 37.6 Å². The summed E-state index contributed by atoms with van der Waals surface area (Å²) in [5, 5.41) is 5.44. The number of carbonyl (C=O) groups excluding carboxylic acids is 3. The Morgan fingerprint density at radius 3 is 2.50 bits per heavy atom. The summed E-state index contributed by atoms with van der Waals surface area (Å²) in [5.41, 5.74) is 4.53. The van der Waals surface area contributed by atoms with Crippen LogP contribution in [0.15, 0.2) is 42.5 Å². The van der Waals surface area contributed by atoms with Crippen molar-refractivity contribution in [3.05, 3.63) is 59.2 Å². The Hall–Kier alpha value is -3.35. The molecule has 7 nitrogen and oxygen atoms in total. The lowest BCUT2D eigenvalue weighted by molar-refractivity contribution is -0.134. The van der Waals surface area contributed by atoms with Crippen molar-refractivity contribution >= 4 is 29.1 Å². The number of hydrogen-bond donors (Lipinski definition) is 2. The molecule has 3 amide bonds. The van der Waals surface area contributed by atoms with Crippen LogP contribution in [0.1, 0.15) is 27.9 Å². The number of aryl methyl sites for hydroxylation is 2. The van der Waals surface area contributed by atoms with Crippen molar-refractivity contribution in [2.45, 2.75) is 26.3 Å². The number of amides is 3. The maximum atomic E-state index is 12.8. The van der Waals surface area contributed by atoms with Gasteiger partial charge in [0.25, 0.3) is 5.91 Å². The van der Waals surface area contributed by atoms with Crippen LogP contribution in [-0.4, -0.2) is 54.8 Å². The summed E-state index contributed by atoms with van der Waals surface area (Å²) < 4.78 is 0. The van der Waals surface area contributed by atoms with Crippen LogP contribution in [-0.2, 0) is 9.59 Å². The second-order valence-electron chi connectivity index (χ2n) is 7.92. The average Bonchev–Trinajstić information content (AvgIpc) is 2.84. The van der Waals surface area contributed by atoms with Gasteiger partial charge in [0.05, 0.1) is 17.7 Å². The number of anilines is 2. The van der Waals surface area contributed by atoms with E-state index < -0.39 is 6.04 Å². The van der Waals surface area contributed by atoms with Crippen LogP contribution >= 0.6 is 0 Å². The van der Waals surface area contributed by atoms with Crippen LogP contribution in [0.2, 0.25) is 0 Å². The van der Waals surface area contributed by atoms with Crippen molar-refractivity contribution in [3.8, 4) is 0 Å². The molecule has 0 saturated carbocycles. The quantitative estimate of drug-likeness (QED) is 0.818. The van der Waals surface area contributed by atoms with Crippen molar-refractivity contribution in [1.82, 2.24) is 10.2 Å². The lowest BCUT2D eigenvalue weighted by Gasteiger charge is -2.37. The number of carbonyl (C=O) groups is 3. The summed E-state index contributed by atoms with van der Waals surface area (Å²) >= 11 is 0. The molecular weight excluding hydrogens is 380 g/mol. The van der Waals surface area contributed by atoms with Crippen molar-refractivity contribution in [1.29, 1.82) is 0 Å². The van der Waals surface area contributed by atoms with E-state index in [4.69, 9.17) is 0 Å². The van der Waals surface area contributed by atoms with Gasteiger partial charge in [0.15, 0.2) is 0 Å². The molecule has 4 rings (SSSR count). The number of nitrogens with one attached hydrogen (secondary N) is 2. The highest BCUT2D eigenvalue weighted by atomic mass is 16.2. The van der Waals surface area contributed by atoms with E-state index in [1.165, 1.54) is 16.8 Å². The lowest BCUT2D eigenvalue weighted by atomic mass is 10.1. The van der Waals surface area contributed by atoms with Crippen LogP contribution in [0.4, 0.5) is 11.4 Å². The van der Waals surface area contributed by atoms with E-state index >= 15 is 0 Å². The molecule has 2 heterocycles. The Kier molecular flexibility index (Phi) is 5.44. The summed E-state index contributed by atoms with van der Waals surface area (Å²) in [4.78, 5) is 41.9. The minimum atomic E-state index is -0.880. The molecule has 1 fully saturated rings. The number of nitrogens with zero attached hydrogens (tertiary/aromatic N) is 2. The zero-order valence-electron chi connectivity index (χ0n) is 17.3. The first-order valence-electron chi connectivity index (χ1n) is 10.2. The first-order chi connectivity index (χ1) is 14.4. The molecule has 0 bridgehead atoms. The molecule has 1 saturated heterocycles. The SMILES string of the molecule is Cc1ccc(N2CCN(C(=O)C[C@@H]3NC(=O)c4ccccc4NC3=O)CC2)c(C)c1. The molecule has 0 spiro atoms. The number of rotatable bonds is 3. The van der Waals surface area contributed by atoms with Crippen LogP contribution in [0, 0.1) is 13.8 Å². The lowest BCUT2D eigenvalue weighted by Crippen LogP contribution is -2.51. The van der Waals surface area contributed by atoms with Crippen LogP contribution in [0.25, 0.3) is 0 Å². The molecule has 7 heteroatoms. The highest BCUT2D eigenvalue weighted by molar-refractivity contribution is 6.10. The molecule has 0 aromatic heterocycles. The third-order valence-electron chi connectivity index (χ3n) is 5.76. The minimum absolute atomic E-state index is 0.0465. The highest BCUT2D eigenvalue weighted by Crippen LogP contribution is 2.23. The molecule has 0 radical (unpaired) electrons. The smallest absolute Gasteiger partial charge is 0.254 e. The molecule has 2 aromatic carbocycles. The topological polar surface area (TPSA) is 81.8 Å². The van der Waals surface area contributed by atoms with Gasteiger partial charge in [-0.15, -0.1) is 0 Å². The van der Waals surface area contributed by atoms with Crippen molar-refractivity contribution in [3.63, 3.8) is 0 Å². The van der Waals surface area contributed by atoms with Gasteiger partial charge in [0.2, 0.25) is 11.8 Å². The Balaban J connectivity index is 1.37. The fourth-order valence-corrected chi connectivity index (χ4v) is 4.12. The van der Waals surface area contributed by atoms with Gasteiger partial charge in [-0.1, -0.05) is 29.8 Å². The Bertz CT molecular complexity index is 996. The summed E-state index contributed by atoms with van der Waals surface area (Å²) in [7, 11) is 0. The zero-order valence-corrected chi connectivity index (χ0v) is 17.3. The Morgan fingerprint density at radius 2 is 1.77 bits per heavy atom. The number of para-hydroxylation sites is 1. The fourth-order valence-electron chi connectivity index (χ4n) is 4.12. The standard InChI is InChI=1S/C23H26N4O3/c1-15-7-8-20(16(2)13-15)26-9-11-27(12-10-26)21(28)14-19-23(30)24-18-6-4-3-5-17(18)22(29)25-19/h3-8,13,19H,9-12,14H2,1-2H3,(H,24,30)(H,25,29)/t19-/m0/s1.